The lowest BCUT2D eigenvalue weighted by Crippen LogP contribution is -2.01. The molecule has 0 aliphatic heterocycles. The van der Waals surface area contributed by atoms with Crippen molar-refractivity contribution in [1.82, 2.24) is 0 Å². The van der Waals surface area contributed by atoms with Crippen LogP contribution in [0.25, 0.3) is 0 Å². The second-order valence-electron chi connectivity index (χ2n) is 3.45. The number of benzene rings is 1. The maximum Gasteiger partial charge on any atom is 0.196 e. The Labute approximate surface area is 93.7 Å². The highest BCUT2D eigenvalue weighted by molar-refractivity contribution is 6.09. The number of carbonyl (C=O) groups is 1. The third kappa shape index (κ3) is 1.84. The molecule has 0 aliphatic carbocycles. The molecule has 82 valence electrons. The Morgan fingerprint density at radius 3 is 2.75 bits per heavy atom. The molecule has 1 heterocycles. The van der Waals surface area contributed by atoms with Crippen LogP contribution in [0, 0.1) is 6.92 Å². The first-order valence-electron chi connectivity index (χ1n) is 4.95. The second-order valence-corrected chi connectivity index (χ2v) is 3.45. The molecular weight excluding hydrogens is 204 g/mol. The van der Waals surface area contributed by atoms with E-state index in [4.69, 9.17) is 9.15 Å². The molecule has 0 amide bonds. The van der Waals surface area contributed by atoms with Gasteiger partial charge in [0.1, 0.15) is 11.5 Å². The molecule has 0 unspecified atom stereocenters. The summed E-state index contributed by atoms with van der Waals surface area (Å²) in [6, 6.07) is 8.75. The number of hydrogen-bond acceptors (Lipinski definition) is 3. The zero-order valence-electron chi connectivity index (χ0n) is 9.19. The highest BCUT2D eigenvalue weighted by Gasteiger charge is 2.14. The van der Waals surface area contributed by atoms with Gasteiger partial charge in [-0.15, -0.1) is 0 Å². The van der Waals surface area contributed by atoms with Gasteiger partial charge in [0.25, 0.3) is 0 Å². The fraction of sp³-hybridized carbons (Fsp3) is 0.154. The molecule has 0 fully saturated rings. The van der Waals surface area contributed by atoms with Crippen LogP contribution >= 0.6 is 0 Å². The average molecular weight is 216 g/mol. The SMILES string of the molecule is COc1cccc(C(=O)c2ccoc2C)c1. The van der Waals surface area contributed by atoms with E-state index >= 15 is 0 Å². The standard InChI is InChI=1S/C13H12O3/c1-9-12(6-7-16-9)13(14)10-4-3-5-11(8-10)15-2/h3-8H,1-2H3. The van der Waals surface area contributed by atoms with E-state index in [0.29, 0.717) is 22.6 Å². The lowest BCUT2D eigenvalue weighted by molar-refractivity contribution is 0.103. The minimum atomic E-state index is -0.0508. The molecule has 1 aromatic heterocycles. The predicted molar refractivity (Wildman–Crippen MR) is 59.9 cm³/mol. The smallest absolute Gasteiger partial charge is 0.196 e. The first-order chi connectivity index (χ1) is 7.72. The third-order valence-corrected chi connectivity index (χ3v) is 2.44. The molecule has 0 saturated heterocycles. The Kier molecular flexibility index (Phi) is 2.77. The first kappa shape index (κ1) is 10.5. The molecule has 0 N–H and O–H groups in total. The topological polar surface area (TPSA) is 39.4 Å². The van der Waals surface area contributed by atoms with Gasteiger partial charge in [-0.1, -0.05) is 12.1 Å². The summed E-state index contributed by atoms with van der Waals surface area (Å²) >= 11 is 0. The van der Waals surface area contributed by atoms with E-state index in [-0.39, 0.29) is 5.78 Å². The Morgan fingerprint density at radius 1 is 1.31 bits per heavy atom. The third-order valence-electron chi connectivity index (χ3n) is 2.44. The number of aryl methyl sites for hydroxylation is 1. The summed E-state index contributed by atoms with van der Waals surface area (Å²) in [6.07, 6.45) is 1.52. The molecule has 1 aromatic carbocycles. The highest BCUT2D eigenvalue weighted by Crippen LogP contribution is 2.18. The van der Waals surface area contributed by atoms with Crippen LogP contribution in [0.3, 0.4) is 0 Å². The number of methoxy groups -OCH3 is 1. The van der Waals surface area contributed by atoms with Gasteiger partial charge < -0.3 is 9.15 Å². The van der Waals surface area contributed by atoms with Crippen molar-refractivity contribution in [3.05, 3.63) is 53.5 Å². The van der Waals surface area contributed by atoms with Gasteiger partial charge in [-0.3, -0.25) is 4.79 Å². The van der Waals surface area contributed by atoms with Crippen LogP contribution in [0.2, 0.25) is 0 Å². The van der Waals surface area contributed by atoms with Crippen LogP contribution in [0.5, 0.6) is 5.75 Å². The van der Waals surface area contributed by atoms with Gasteiger partial charge in [0, 0.05) is 5.56 Å². The lowest BCUT2D eigenvalue weighted by Gasteiger charge is -2.02. The molecule has 2 rings (SSSR count). The fourth-order valence-electron chi connectivity index (χ4n) is 1.54. The molecule has 2 aromatic rings. The van der Waals surface area contributed by atoms with Gasteiger partial charge in [0.05, 0.1) is 18.9 Å². The number of rotatable bonds is 3. The first-order valence-corrected chi connectivity index (χ1v) is 4.95. The zero-order chi connectivity index (χ0) is 11.5. The summed E-state index contributed by atoms with van der Waals surface area (Å²) in [6.45, 7) is 1.77. The molecule has 0 spiro atoms. The Morgan fingerprint density at radius 2 is 2.12 bits per heavy atom. The summed E-state index contributed by atoms with van der Waals surface area (Å²) in [4.78, 5) is 12.1. The van der Waals surface area contributed by atoms with Gasteiger partial charge in [-0.05, 0) is 25.1 Å². The maximum absolute atomic E-state index is 12.1. The van der Waals surface area contributed by atoms with Crippen LogP contribution in [-0.2, 0) is 0 Å². The molecule has 0 atom stereocenters. The van der Waals surface area contributed by atoms with Crippen LogP contribution in [-0.4, -0.2) is 12.9 Å². The maximum atomic E-state index is 12.1. The summed E-state index contributed by atoms with van der Waals surface area (Å²) in [5.74, 6) is 1.25. The van der Waals surface area contributed by atoms with Crippen molar-refractivity contribution in [2.24, 2.45) is 0 Å². The van der Waals surface area contributed by atoms with E-state index < -0.39 is 0 Å². The van der Waals surface area contributed by atoms with Crippen molar-refractivity contribution in [1.29, 1.82) is 0 Å². The summed E-state index contributed by atoms with van der Waals surface area (Å²) in [5.41, 5.74) is 1.19. The van der Waals surface area contributed by atoms with Gasteiger partial charge in [0.2, 0.25) is 0 Å². The number of carbonyl (C=O) groups excluding carboxylic acids is 1. The minimum Gasteiger partial charge on any atom is -0.497 e. The Balaban J connectivity index is 2.38. The number of hydrogen-bond donors (Lipinski definition) is 0. The normalized spacial score (nSPS) is 10.1. The van der Waals surface area contributed by atoms with Gasteiger partial charge in [0.15, 0.2) is 5.78 Å². The van der Waals surface area contributed by atoms with Gasteiger partial charge in [-0.25, -0.2) is 0 Å². The van der Waals surface area contributed by atoms with E-state index in [9.17, 15) is 4.79 Å². The zero-order valence-corrected chi connectivity index (χ0v) is 9.19. The van der Waals surface area contributed by atoms with E-state index in [1.807, 2.05) is 0 Å². The Bertz CT molecular complexity index is 511. The number of ether oxygens (including phenoxy) is 1. The molecule has 16 heavy (non-hydrogen) atoms. The molecular formula is C13H12O3. The molecule has 0 bridgehead atoms. The quantitative estimate of drug-likeness (QED) is 0.740. The average Bonchev–Trinajstić information content (AvgIpc) is 2.74. The van der Waals surface area contributed by atoms with E-state index in [1.54, 1.807) is 44.4 Å². The van der Waals surface area contributed by atoms with E-state index in [2.05, 4.69) is 0 Å². The van der Waals surface area contributed by atoms with Crippen molar-refractivity contribution >= 4 is 5.78 Å². The van der Waals surface area contributed by atoms with Crippen molar-refractivity contribution in [2.75, 3.05) is 7.11 Å². The minimum absolute atomic E-state index is 0.0508. The van der Waals surface area contributed by atoms with E-state index in [1.165, 1.54) is 6.26 Å². The van der Waals surface area contributed by atoms with Crippen molar-refractivity contribution in [2.45, 2.75) is 6.92 Å². The van der Waals surface area contributed by atoms with Crippen LogP contribution < -0.4 is 4.74 Å². The lowest BCUT2D eigenvalue weighted by atomic mass is 10.0. The molecule has 3 heteroatoms. The number of ketones is 1. The number of furan rings is 1. The van der Waals surface area contributed by atoms with Crippen molar-refractivity contribution in [3.8, 4) is 5.75 Å². The molecule has 0 aliphatic rings. The predicted octanol–water partition coefficient (Wildman–Crippen LogP) is 2.83. The Hall–Kier alpha value is -2.03. The van der Waals surface area contributed by atoms with Crippen molar-refractivity contribution < 1.29 is 13.9 Å². The molecule has 0 radical (unpaired) electrons. The summed E-state index contributed by atoms with van der Waals surface area (Å²) in [7, 11) is 1.58. The van der Waals surface area contributed by atoms with Gasteiger partial charge in [-0.2, -0.15) is 0 Å². The summed E-state index contributed by atoms with van der Waals surface area (Å²) in [5, 5.41) is 0. The summed E-state index contributed by atoms with van der Waals surface area (Å²) < 4.78 is 10.2. The van der Waals surface area contributed by atoms with Crippen LogP contribution in [0.1, 0.15) is 21.7 Å². The molecule has 0 saturated carbocycles. The fourth-order valence-corrected chi connectivity index (χ4v) is 1.54. The van der Waals surface area contributed by atoms with Crippen molar-refractivity contribution in [3.63, 3.8) is 0 Å². The van der Waals surface area contributed by atoms with E-state index in [0.717, 1.165) is 0 Å². The monoisotopic (exact) mass is 216 g/mol. The van der Waals surface area contributed by atoms with Crippen LogP contribution in [0.15, 0.2) is 41.0 Å². The molecule has 3 nitrogen and oxygen atoms in total. The second kappa shape index (κ2) is 4.23. The highest BCUT2D eigenvalue weighted by atomic mass is 16.5. The van der Waals surface area contributed by atoms with Gasteiger partial charge >= 0.3 is 0 Å². The largest absolute Gasteiger partial charge is 0.497 e. The van der Waals surface area contributed by atoms with Crippen LogP contribution in [0.4, 0.5) is 0 Å².